The summed E-state index contributed by atoms with van der Waals surface area (Å²) < 4.78 is 5.67. The minimum absolute atomic E-state index is 0.0579. The molecule has 0 saturated carbocycles. The maximum Gasteiger partial charge on any atom is 0.410 e. The summed E-state index contributed by atoms with van der Waals surface area (Å²) in [5.74, 6) is 0.109. The quantitative estimate of drug-likeness (QED) is 0.135. The summed E-state index contributed by atoms with van der Waals surface area (Å²) in [5.41, 5.74) is 6.97. The van der Waals surface area contributed by atoms with Gasteiger partial charge < -0.3 is 9.64 Å². The van der Waals surface area contributed by atoms with Crippen molar-refractivity contribution in [3.8, 4) is 0 Å². The number of ether oxygens (including phenoxy) is 1. The Hall–Kier alpha value is -3.44. The average Bonchev–Trinajstić information content (AvgIpc) is 3.02. The lowest BCUT2D eigenvalue weighted by molar-refractivity contribution is -0.113. The normalized spacial score (nSPS) is 14.8. The molecule has 1 unspecified atom stereocenters. The topological polar surface area (TPSA) is 59.0 Å². The number of carbonyl (C=O) groups is 2. The number of rotatable bonds is 12. The van der Waals surface area contributed by atoms with Crippen LogP contribution in [0.2, 0.25) is 5.02 Å². The van der Waals surface area contributed by atoms with Crippen LogP contribution in [0.3, 0.4) is 0 Å². The number of Topliss-reactive ketones (excluding diaryl/α,β-unsaturated/α-hetero) is 1. The number of amides is 1. The van der Waals surface area contributed by atoms with Crippen LogP contribution in [0.4, 0.5) is 4.79 Å². The van der Waals surface area contributed by atoms with Crippen LogP contribution in [0.25, 0.3) is 0 Å². The van der Waals surface area contributed by atoms with Gasteiger partial charge in [-0.3, -0.25) is 9.79 Å². The molecule has 1 aliphatic rings. The van der Waals surface area contributed by atoms with E-state index in [0.717, 1.165) is 44.7 Å². The van der Waals surface area contributed by atoms with Crippen LogP contribution in [-0.2, 0) is 9.53 Å². The highest BCUT2D eigenvalue weighted by Crippen LogP contribution is 2.36. The van der Waals surface area contributed by atoms with E-state index in [1.165, 1.54) is 6.92 Å². The number of nitrogens with zero attached hydrogens (tertiary/aromatic N) is 2. The van der Waals surface area contributed by atoms with Gasteiger partial charge in [0, 0.05) is 47.1 Å². The molecule has 0 fully saturated rings. The molecule has 1 aromatic rings. The number of hydrogen-bond acceptors (Lipinski definition) is 4. The second-order valence-corrected chi connectivity index (χ2v) is 13.2. The number of hydrogen-bond donors (Lipinski definition) is 0. The van der Waals surface area contributed by atoms with Crippen molar-refractivity contribution in [3.05, 3.63) is 106 Å². The van der Waals surface area contributed by atoms with Crippen molar-refractivity contribution in [3.63, 3.8) is 0 Å². The monoisotopic (exact) mass is 604 g/mol. The predicted molar refractivity (Wildman–Crippen MR) is 182 cm³/mol. The summed E-state index contributed by atoms with van der Waals surface area (Å²) in [6, 6.07) is 5.84. The molecule has 1 amide bonds. The van der Waals surface area contributed by atoms with Gasteiger partial charge in [-0.2, -0.15) is 0 Å². The van der Waals surface area contributed by atoms with Crippen LogP contribution in [0.1, 0.15) is 85.3 Å². The number of aryl methyl sites for hydroxylation is 1. The molecule has 2 rings (SSSR count). The molecule has 5 nitrogen and oxygen atoms in total. The van der Waals surface area contributed by atoms with E-state index in [0.29, 0.717) is 36.5 Å². The maximum absolute atomic E-state index is 13.0. The molecule has 0 saturated heterocycles. The third-order valence-corrected chi connectivity index (χ3v) is 7.40. The molecule has 0 aliphatic carbocycles. The van der Waals surface area contributed by atoms with Gasteiger partial charge in [0.25, 0.3) is 0 Å². The van der Waals surface area contributed by atoms with Gasteiger partial charge in [-0.25, -0.2) is 4.79 Å². The lowest BCUT2D eigenvalue weighted by Gasteiger charge is -2.29. The number of allylic oxidation sites excluding steroid dienone is 7. The molecule has 43 heavy (non-hydrogen) atoms. The summed E-state index contributed by atoms with van der Waals surface area (Å²) in [6.07, 6.45) is 6.45. The SMILES string of the molecule is C=C(CCN(CC(C)C)C(=O)OC(C)(C)C)CC1=C(/C(=C\C(C)c2cc(Cl)ccc2C)C(=C)C(C)=O)C(C)=NC=CC1=C. The van der Waals surface area contributed by atoms with E-state index in [2.05, 4.69) is 51.6 Å². The van der Waals surface area contributed by atoms with Gasteiger partial charge in [0.15, 0.2) is 5.78 Å². The summed E-state index contributed by atoms with van der Waals surface area (Å²) in [6.45, 7) is 31.4. The highest BCUT2D eigenvalue weighted by Gasteiger charge is 2.25. The van der Waals surface area contributed by atoms with Crippen molar-refractivity contribution in [2.45, 2.75) is 86.7 Å². The average molecular weight is 605 g/mol. The molecule has 232 valence electrons. The molecule has 0 N–H and O–H groups in total. The first-order valence-electron chi connectivity index (χ1n) is 14.9. The van der Waals surface area contributed by atoms with E-state index in [-0.39, 0.29) is 23.7 Å². The van der Waals surface area contributed by atoms with Crippen molar-refractivity contribution in [2.24, 2.45) is 10.9 Å². The standard InChI is InChI=1S/C37H49ClN2O3/c1-23(2)22-40(36(42)43-37(10,11)12)18-16-24(3)19-33-26(5)15-17-39-29(8)35(33)34(28(7)30(9)41)20-27(6)32-21-31(38)14-13-25(32)4/h13-15,17,20-21,23,27H,3,5,7,16,18-19,22H2,1-2,4,6,8-12H3/b34-20-. The third-order valence-electron chi connectivity index (χ3n) is 7.16. The van der Waals surface area contributed by atoms with E-state index < -0.39 is 5.60 Å². The number of carbonyl (C=O) groups excluding carboxylic acids is 2. The Kier molecular flexibility index (Phi) is 12.8. The molecule has 0 radical (unpaired) electrons. The van der Waals surface area contributed by atoms with E-state index in [1.54, 1.807) is 11.1 Å². The summed E-state index contributed by atoms with van der Waals surface area (Å²) in [5, 5.41) is 0.659. The second kappa shape index (κ2) is 15.3. The summed E-state index contributed by atoms with van der Waals surface area (Å²) in [4.78, 5) is 32.1. The van der Waals surface area contributed by atoms with Crippen LogP contribution >= 0.6 is 11.6 Å². The van der Waals surface area contributed by atoms with Crippen LogP contribution in [-0.4, -0.2) is 41.2 Å². The van der Waals surface area contributed by atoms with Crippen LogP contribution in [0.15, 0.2) is 94.7 Å². The largest absolute Gasteiger partial charge is 0.444 e. The minimum atomic E-state index is -0.576. The van der Waals surface area contributed by atoms with Crippen LogP contribution in [0.5, 0.6) is 0 Å². The molecular formula is C37H49ClN2O3. The Morgan fingerprint density at radius 3 is 2.37 bits per heavy atom. The molecule has 0 spiro atoms. The highest BCUT2D eigenvalue weighted by atomic mass is 35.5. The summed E-state index contributed by atoms with van der Waals surface area (Å²) in [7, 11) is 0. The zero-order valence-corrected chi connectivity index (χ0v) is 28.3. The lowest BCUT2D eigenvalue weighted by Crippen LogP contribution is -2.39. The first-order valence-corrected chi connectivity index (χ1v) is 15.3. The molecule has 1 heterocycles. The Morgan fingerprint density at radius 2 is 1.79 bits per heavy atom. The van der Waals surface area contributed by atoms with Crippen LogP contribution in [0, 0.1) is 12.8 Å². The summed E-state index contributed by atoms with van der Waals surface area (Å²) >= 11 is 6.35. The number of ketones is 1. The lowest BCUT2D eigenvalue weighted by atomic mass is 9.82. The van der Waals surface area contributed by atoms with Gasteiger partial charge in [0.05, 0.1) is 0 Å². The number of benzene rings is 1. The fraction of sp³-hybridized carbons (Fsp3) is 0.432. The third kappa shape index (κ3) is 10.7. The van der Waals surface area contributed by atoms with E-state index >= 15 is 0 Å². The first-order chi connectivity index (χ1) is 19.9. The smallest absolute Gasteiger partial charge is 0.410 e. The zero-order valence-electron chi connectivity index (χ0n) is 27.6. The van der Waals surface area contributed by atoms with Gasteiger partial charge in [-0.05, 0) is 106 Å². The molecule has 1 aliphatic heterocycles. The predicted octanol–water partition coefficient (Wildman–Crippen LogP) is 9.89. The van der Waals surface area contributed by atoms with Crippen molar-refractivity contribution in [1.82, 2.24) is 4.90 Å². The van der Waals surface area contributed by atoms with E-state index in [4.69, 9.17) is 16.3 Å². The number of aliphatic imine (C=N–C) groups is 1. The van der Waals surface area contributed by atoms with Crippen LogP contribution < -0.4 is 0 Å². The highest BCUT2D eigenvalue weighted by molar-refractivity contribution is 6.30. The second-order valence-electron chi connectivity index (χ2n) is 12.8. The Labute approximate surface area is 264 Å². The van der Waals surface area contributed by atoms with Crippen molar-refractivity contribution >= 4 is 29.2 Å². The van der Waals surface area contributed by atoms with Crippen molar-refractivity contribution in [1.29, 1.82) is 0 Å². The molecular weight excluding hydrogens is 556 g/mol. The Morgan fingerprint density at radius 1 is 1.14 bits per heavy atom. The van der Waals surface area contributed by atoms with Gasteiger partial charge in [-0.1, -0.05) is 69.8 Å². The van der Waals surface area contributed by atoms with Gasteiger partial charge in [0.2, 0.25) is 0 Å². The fourth-order valence-electron chi connectivity index (χ4n) is 4.96. The minimum Gasteiger partial charge on any atom is -0.444 e. The maximum atomic E-state index is 13.0. The molecule has 6 heteroatoms. The van der Waals surface area contributed by atoms with E-state index in [9.17, 15) is 9.59 Å². The molecule has 0 aromatic heterocycles. The van der Waals surface area contributed by atoms with Gasteiger partial charge in [0.1, 0.15) is 5.60 Å². The van der Waals surface area contributed by atoms with E-state index in [1.807, 2.05) is 58.9 Å². The zero-order chi connectivity index (χ0) is 32.6. The molecule has 1 aromatic carbocycles. The fourth-order valence-corrected chi connectivity index (χ4v) is 5.14. The van der Waals surface area contributed by atoms with Crippen molar-refractivity contribution < 1.29 is 14.3 Å². The molecule has 1 atom stereocenters. The van der Waals surface area contributed by atoms with Crippen molar-refractivity contribution in [2.75, 3.05) is 13.1 Å². The van der Waals surface area contributed by atoms with Gasteiger partial charge >= 0.3 is 6.09 Å². The Bertz CT molecular complexity index is 1400. The Balaban J connectivity index is 2.55. The number of halogens is 1. The molecule has 0 bridgehead atoms. The van der Waals surface area contributed by atoms with Gasteiger partial charge in [-0.15, -0.1) is 0 Å². The first kappa shape index (κ1) is 35.8.